The summed E-state index contributed by atoms with van der Waals surface area (Å²) < 4.78 is 32.8. The molecule has 1 unspecified atom stereocenters. The SMILES string of the molecule is COc1cc(O)c(F)c(C2(C)CCCN2)c1F. The highest BCUT2D eigenvalue weighted by Crippen LogP contribution is 2.40. The second-order valence-electron chi connectivity index (χ2n) is 4.46. The summed E-state index contributed by atoms with van der Waals surface area (Å²) in [6, 6.07) is 0.951. The highest BCUT2D eigenvalue weighted by atomic mass is 19.1. The summed E-state index contributed by atoms with van der Waals surface area (Å²) in [5.74, 6) is -2.40. The third-order valence-corrected chi connectivity index (χ3v) is 3.29. The van der Waals surface area contributed by atoms with Crippen LogP contribution in [0.1, 0.15) is 25.3 Å². The maximum Gasteiger partial charge on any atom is 0.173 e. The smallest absolute Gasteiger partial charge is 0.173 e. The van der Waals surface area contributed by atoms with E-state index < -0.39 is 22.9 Å². The second kappa shape index (κ2) is 4.14. The van der Waals surface area contributed by atoms with Crippen molar-refractivity contribution in [3.05, 3.63) is 23.3 Å². The van der Waals surface area contributed by atoms with Gasteiger partial charge in [0.15, 0.2) is 23.1 Å². The van der Waals surface area contributed by atoms with Crippen molar-refractivity contribution in [1.82, 2.24) is 5.32 Å². The summed E-state index contributed by atoms with van der Waals surface area (Å²) in [7, 11) is 1.28. The van der Waals surface area contributed by atoms with Gasteiger partial charge in [0.25, 0.3) is 0 Å². The third kappa shape index (κ3) is 1.84. The summed E-state index contributed by atoms with van der Waals surface area (Å²) in [6.45, 7) is 2.42. The van der Waals surface area contributed by atoms with Gasteiger partial charge in [-0.25, -0.2) is 8.78 Å². The second-order valence-corrected chi connectivity index (χ2v) is 4.46. The van der Waals surface area contributed by atoms with Crippen LogP contribution in [0.4, 0.5) is 8.78 Å². The van der Waals surface area contributed by atoms with Gasteiger partial charge in [-0.1, -0.05) is 0 Å². The van der Waals surface area contributed by atoms with Gasteiger partial charge < -0.3 is 15.2 Å². The van der Waals surface area contributed by atoms with Crippen LogP contribution in [0.25, 0.3) is 0 Å². The lowest BCUT2D eigenvalue weighted by Gasteiger charge is -2.26. The molecule has 94 valence electrons. The molecule has 1 saturated heterocycles. The van der Waals surface area contributed by atoms with Crippen LogP contribution in [0.15, 0.2) is 6.07 Å². The summed E-state index contributed by atoms with van der Waals surface area (Å²) in [5, 5.41) is 12.5. The highest BCUT2D eigenvalue weighted by Gasteiger charge is 2.37. The molecule has 1 fully saturated rings. The zero-order valence-electron chi connectivity index (χ0n) is 9.81. The van der Waals surface area contributed by atoms with Crippen molar-refractivity contribution in [2.75, 3.05) is 13.7 Å². The van der Waals surface area contributed by atoms with Crippen LogP contribution in [0.3, 0.4) is 0 Å². The van der Waals surface area contributed by atoms with Gasteiger partial charge >= 0.3 is 0 Å². The fraction of sp³-hybridized carbons (Fsp3) is 0.500. The largest absolute Gasteiger partial charge is 0.505 e. The molecule has 0 aliphatic carbocycles. The van der Waals surface area contributed by atoms with Gasteiger partial charge in [0.2, 0.25) is 0 Å². The van der Waals surface area contributed by atoms with E-state index in [1.165, 1.54) is 7.11 Å². The van der Waals surface area contributed by atoms with Gasteiger partial charge in [-0.15, -0.1) is 0 Å². The molecule has 3 nitrogen and oxygen atoms in total. The van der Waals surface area contributed by atoms with E-state index in [0.29, 0.717) is 13.0 Å². The van der Waals surface area contributed by atoms with Crippen molar-refractivity contribution in [1.29, 1.82) is 0 Å². The van der Waals surface area contributed by atoms with Gasteiger partial charge in [-0.3, -0.25) is 0 Å². The lowest BCUT2D eigenvalue weighted by Crippen LogP contribution is -2.35. The van der Waals surface area contributed by atoms with Gasteiger partial charge in [0.1, 0.15) is 0 Å². The van der Waals surface area contributed by atoms with Crippen molar-refractivity contribution in [3.8, 4) is 11.5 Å². The van der Waals surface area contributed by atoms with Gasteiger partial charge in [-0.2, -0.15) is 0 Å². The van der Waals surface area contributed by atoms with Crippen LogP contribution in [-0.4, -0.2) is 18.8 Å². The first-order valence-electron chi connectivity index (χ1n) is 5.50. The Morgan fingerprint density at radius 2 is 2.12 bits per heavy atom. The summed E-state index contributed by atoms with van der Waals surface area (Å²) >= 11 is 0. The number of hydrogen-bond donors (Lipinski definition) is 2. The van der Waals surface area contributed by atoms with Crippen LogP contribution in [0, 0.1) is 11.6 Å². The third-order valence-electron chi connectivity index (χ3n) is 3.29. The van der Waals surface area contributed by atoms with Crippen LogP contribution in [0.2, 0.25) is 0 Å². The number of hydrogen-bond acceptors (Lipinski definition) is 3. The van der Waals surface area contributed by atoms with Crippen LogP contribution >= 0.6 is 0 Å². The molecule has 0 radical (unpaired) electrons. The van der Waals surface area contributed by atoms with Crippen LogP contribution < -0.4 is 10.1 Å². The average molecular weight is 243 g/mol. The molecule has 0 bridgehead atoms. The number of phenolic OH excluding ortho intramolecular Hbond substituents is 1. The van der Waals surface area contributed by atoms with Crippen molar-refractivity contribution < 1.29 is 18.6 Å². The Morgan fingerprint density at radius 3 is 2.65 bits per heavy atom. The maximum atomic E-state index is 14.1. The molecule has 2 rings (SSSR count). The number of benzene rings is 1. The first-order valence-corrected chi connectivity index (χ1v) is 5.50. The fourth-order valence-electron chi connectivity index (χ4n) is 2.34. The molecule has 1 aliphatic rings. The number of ether oxygens (including phenoxy) is 1. The first-order chi connectivity index (χ1) is 7.99. The van der Waals surface area contributed by atoms with Crippen molar-refractivity contribution >= 4 is 0 Å². The zero-order chi connectivity index (χ0) is 12.6. The molecule has 1 aromatic carbocycles. The molecule has 2 N–H and O–H groups in total. The molecular weight excluding hydrogens is 228 g/mol. The molecule has 5 heteroatoms. The minimum absolute atomic E-state index is 0.145. The number of aromatic hydroxyl groups is 1. The number of halogens is 2. The molecule has 0 saturated carbocycles. The standard InChI is InChI=1S/C12H15F2NO2/c1-12(4-3-5-15-12)9-10(13)7(16)6-8(17-2)11(9)14/h6,15-16H,3-5H2,1-2H3. The number of rotatable bonds is 2. The predicted octanol–water partition coefficient (Wildman–Crippen LogP) is 2.28. The Bertz CT molecular complexity index is 443. The van der Waals surface area contributed by atoms with Gasteiger partial charge in [0, 0.05) is 11.6 Å². The molecule has 0 aromatic heterocycles. The van der Waals surface area contributed by atoms with E-state index in [9.17, 15) is 13.9 Å². The Labute approximate surface area is 98.4 Å². The highest BCUT2D eigenvalue weighted by molar-refractivity contribution is 5.44. The summed E-state index contributed by atoms with van der Waals surface area (Å²) in [4.78, 5) is 0. The van der Waals surface area contributed by atoms with E-state index in [4.69, 9.17) is 4.74 Å². The first kappa shape index (κ1) is 12.1. The quantitative estimate of drug-likeness (QED) is 0.837. The average Bonchev–Trinajstić information content (AvgIpc) is 2.71. The lowest BCUT2D eigenvalue weighted by atomic mass is 9.89. The monoisotopic (exact) mass is 243 g/mol. The Morgan fingerprint density at radius 1 is 1.41 bits per heavy atom. The summed E-state index contributed by atoms with van der Waals surface area (Å²) in [6.07, 6.45) is 1.46. The molecular formula is C12H15F2NO2. The zero-order valence-corrected chi connectivity index (χ0v) is 9.81. The van der Waals surface area contributed by atoms with E-state index >= 15 is 0 Å². The van der Waals surface area contributed by atoms with Gasteiger partial charge in [-0.05, 0) is 26.3 Å². The predicted molar refractivity (Wildman–Crippen MR) is 59.2 cm³/mol. The van der Waals surface area contributed by atoms with Crippen LogP contribution in [-0.2, 0) is 5.54 Å². The number of phenols is 1. The minimum atomic E-state index is -0.916. The Balaban J connectivity index is 2.62. The Hall–Kier alpha value is -1.36. The summed E-state index contributed by atoms with van der Waals surface area (Å²) in [5.41, 5.74) is -0.938. The van der Waals surface area contributed by atoms with Crippen molar-refractivity contribution in [2.45, 2.75) is 25.3 Å². The van der Waals surface area contributed by atoms with E-state index in [0.717, 1.165) is 12.5 Å². The molecule has 1 aliphatic heterocycles. The van der Waals surface area contributed by atoms with E-state index in [-0.39, 0.29) is 11.3 Å². The normalized spacial score (nSPS) is 24.0. The van der Waals surface area contributed by atoms with Crippen LogP contribution in [0.5, 0.6) is 11.5 Å². The molecule has 1 heterocycles. The molecule has 1 aromatic rings. The number of nitrogens with one attached hydrogen (secondary N) is 1. The molecule has 0 amide bonds. The molecule has 0 spiro atoms. The van der Waals surface area contributed by atoms with Crippen molar-refractivity contribution in [2.24, 2.45) is 0 Å². The van der Waals surface area contributed by atoms with Gasteiger partial charge in [0.05, 0.1) is 12.7 Å². The van der Waals surface area contributed by atoms with Crippen molar-refractivity contribution in [3.63, 3.8) is 0 Å². The maximum absolute atomic E-state index is 14.1. The minimum Gasteiger partial charge on any atom is -0.505 e. The Kier molecular flexibility index (Phi) is 2.95. The number of methoxy groups -OCH3 is 1. The van der Waals surface area contributed by atoms with E-state index in [1.54, 1.807) is 6.92 Å². The molecule has 17 heavy (non-hydrogen) atoms. The fourth-order valence-corrected chi connectivity index (χ4v) is 2.34. The van der Waals surface area contributed by atoms with E-state index in [1.807, 2.05) is 0 Å². The topological polar surface area (TPSA) is 41.5 Å². The van der Waals surface area contributed by atoms with E-state index in [2.05, 4.69) is 5.32 Å². The lowest BCUT2D eigenvalue weighted by molar-refractivity contribution is 0.334. The molecule has 1 atom stereocenters.